The second-order valence-corrected chi connectivity index (χ2v) is 8.63. The highest BCUT2D eigenvalue weighted by atomic mass is 127. The standard InChI is InChI=1S/C15H19N5O2S2.HI/c16-15(19-13-4-1-2-7-17-13)18-10-12-6-8-20(11-12)24(21,22)14-5-3-9-23-14;/h1-5,7,9,12H,6,8,10-11H2,(H3,16,17,18,19);1H. The Balaban J connectivity index is 0.00000225. The normalized spacial score (nSPS) is 18.7. The lowest BCUT2D eigenvalue weighted by Gasteiger charge is -2.14. The lowest BCUT2D eigenvalue weighted by atomic mass is 10.1. The molecule has 1 atom stereocenters. The molecule has 136 valence electrons. The van der Waals surface area contributed by atoms with Crippen molar-refractivity contribution in [3.8, 4) is 0 Å². The Morgan fingerprint density at radius 3 is 2.92 bits per heavy atom. The smallest absolute Gasteiger partial charge is 0.252 e. The minimum atomic E-state index is -3.37. The first-order chi connectivity index (χ1) is 11.6. The topological polar surface area (TPSA) is 101 Å². The van der Waals surface area contributed by atoms with E-state index in [0.29, 0.717) is 29.7 Å². The number of pyridine rings is 1. The van der Waals surface area contributed by atoms with Crippen LogP contribution in [0.25, 0.3) is 0 Å². The van der Waals surface area contributed by atoms with Crippen molar-refractivity contribution in [2.24, 2.45) is 16.6 Å². The predicted octanol–water partition coefficient (Wildman–Crippen LogP) is 2.20. The number of guanidine groups is 1. The van der Waals surface area contributed by atoms with Crippen LogP contribution in [0.5, 0.6) is 0 Å². The zero-order valence-corrected chi connectivity index (χ0v) is 17.4. The minimum absolute atomic E-state index is 0. The molecule has 2 aromatic heterocycles. The third-order valence-corrected chi connectivity index (χ3v) is 7.02. The largest absolute Gasteiger partial charge is 0.370 e. The Morgan fingerprint density at radius 1 is 1.40 bits per heavy atom. The molecule has 0 aliphatic carbocycles. The Labute approximate surface area is 168 Å². The molecule has 7 nitrogen and oxygen atoms in total. The molecule has 0 aromatic carbocycles. The minimum Gasteiger partial charge on any atom is -0.370 e. The fraction of sp³-hybridized carbons (Fsp3) is 0.333. The third kappa shape index (κ3) is 5.12. The molecule has 1 unspecified atom stereocenters. The molecule has 0 saturated carbocycles. The molecule has 2 aromatic rings. The van der Waals surface area contributed by atoms with Gasteiger partial charge in [0.25, 0.3) is 10.0 Å². The predicted molar refractivity (Wildman–Crippen MR) is 111 cm³/mol. The van der Waals surface area contributed by atoms with Crippen LogP contribution in [0.15, 0.2) is 51.1 Å². The van der Waals surface area contributed by atoms with E-state index in [1.54, 1.807) is 29.8 Å². The quantitative estimate of drug-likeness (QED) is 0.378. The Hall–Kier alpha value is -1.24. The van der Waals surface area contributed by atoms with Gasteiger partial charge in [-0.15, -0.1) is 35.3 Å². The van der Waals surface area contributed by atoms with Crippen molar-refractivity contribution >= 4 is 57.1 Å². The molecule has 0 radical (unpaired) electrons. The fourth-order valence-electron chi connectivity index (χ4n) is 2.54. The lowest BCUT2D eigenvalue weighted by molar-refractivity contribution is 0.461. The number of rotatable bonds is 5. The van der Waals surface area contributed by atoms with Crippen LogP contribution < -0.4 is 11.1 Å². The fourth-order valence-corrected chi connectivity index (χ4v) is 5.21. The molecule has 25 heavy (non-hydrogen) atoms. The van der Waals surface area contributed by atoms with Crippen molar-refractivity contribution in [1.82, 2.24) is 9.29 Å². The van der Waals surface area contributed by atoms with Crippen LogP contribution >= 0.6 is 35.3 Å². The molecule has 1 fully saturated rings. The number of nitrogens with zero attached hydrogens (tertiary/aromatic N) is 3. The molecule has 1 aliphatic rings. The van der Waals surface area contributed by atoms with Gasteiger partial charge in [0.1, 0.15) is 10.0 Å². The maximum absolute atomic E-state index is 12.5. The number of nitrogens with two attached hydrogens (primary N) is 1. The lowest BCUT2D eigenvalue weighted by Crippen LogP contribution is -2.29. The highest BCUT2D eigenvalue weighted by Crippen LogP contribution is 2.26. The van der Waals surface area contributed by atoms with Gasteiger partial charge in [0.2, 0.25) is 0 Å². The summed E-state index contributed by atoms with van der Waals surface area (Å²) in [6, 6.07) is 8.86. The average molecular weight is 493 g/mol. The first-order valence-corrected chi connectivity index (χ1v) is 9.89. The molecule has 0 spiro atoms. The van der Waals surface area contributed by atoms with E-state index in [1.165, 1.54) is 15.6 Å². The van der Waals surface area contributed by atoms with Crippen LogP contribution in [0, 0.1) is 5.92 Å². The molecular weight excluding hydrogens is 473 g/mol. The first kappa shape index (κ1) is 20.1. The summed E-state index contributed by atoms with van der Waals surface area (Å²) in [5.41, 5.74) is 5.85. The van der Waals surface area contributed by atoms with E-state index in [0.717, 1.165) is 6.42 Å². The van der Waals surface area contributed by atoms with Crippen LogP contribution in [0.3, 0.4) is 0 Å². The summed E-state index contributed by atoms with van der Waals surface area (Å²) in [7, 11) is -3.37. The summed E-state index contributed by atoms with van der Waals surface area (Å²) in [4.78, 5) is 8.42. The van der Waals surface area contributed by atoms with Gasteiger partial charge in [-0.1, -0.05) is 12.1 Å². The molecule has 0 amide bonds. The number of hydrogen-bond donors (Lipinski definition) is 2. The summed E-state index contributed by atoms with van der Waals surface area (Å²) in [5, 5.41) is 4.69. The van der Waals surface area contributed by atoms with E-state index in [9.17, 15) is 8.42 Å². The van der Waals surface area contributed by atoms with Crippen molar-refractivity contribution in [2.45, 2.75) is 10.6 Å². The molecule has 0 bridgehead atoms. The van der Waals surface area contributed by atoms with Crippen LogP contribution in [-0.4, -0.2) is 43.3 Å². The summed E-state index contributed by atoms with van der Waals surface area (Å²) >= 11 is 1.24. The van der Waals surface area contributed by atoms with E-state index < -0.39 is 10.0 Å². The highest BCUT2D eigenvalue weighted by Gasteiger charge is 2.32. The third-order valence-electron chi connectivity index (χ3n) is 3.78. The molecule has 3 heterocycles. The van der Waals surface area contributed by atoms with Crippen molar-refractivity contribution < 1.29 is 8.42 Å². The summed E-state index contributed by atoms with van der Waals surface area (Å²) < 4.78 is 26.9. The van der Waals surface area contributed by atoms with E-state index >= 15 is 0 Å². The number of sulfonamides is 1. The molecule has 3 rings (SSSR count). The first-order valence-electron chi connectivity index (χ1n) is 7.57. The van der Waals surface area contributed by atoms with E-state index in [-0.39, 0.29) is 35.9 Å². The van der Waals surface area contributed by atoms with Gasteiger partial charge in [0.15, 0.2) is 5.96 Å². The monoisotopic (exact) mass is 493 g/mol. The number of hydrogen-bond acceptors (Lipinski definition) is 5. The maximum atomic E-state index is 12.5. The average Bonchev–Trinajstić information content (AvgIpc) is 3.26. The number of thiophene rings is 1. The number of anilines is 1. The van der Waals surface area contributed by atoms with Crippen molar-refractivity contribution in [1.29, 1.82) is 0 Å². The van der Waals surface area contributed by atoms with Gasteiger partial charge in [-0.25, -0.2) is 13.4 Å². The second-order valence-electron chi connectivity index (χ2n) is 5.52. The van der Waals surface area contributed by atoms with Gasteiger partial charge in [0.05, 0.1) is 0 Å². The summed E-state index contributed by atoms with van der Waals surface area (Å²) in [6.07, 6.45) is 2.45. The highest BCUT2D eigenvalue weighted by molar-refractivity contribution is 14.0. The van der Waals surface area contributed by atoms with Gasteiger partial charge in [0, 0.05) is 25.8 Å². The summed E-state index contributed by atoms with van der Waals surface area (Å²) in [6.45, 7) is 1.48. The number of aromatic nitrogens is 1. The van der Waals surface area contributed by atoms with E-state index in [2.05, 4.69) is 15.3 Å². The van der Waals surface area contributed by atoms with Gasteiger partial charge >= 0.3 is 0 Å². The number of halogens is 1. The van der Waals surface area contributed by atoms with Crippen LogP contribution in [0.2, 0.25) is 0 Å². The molecule has 10 heteroatoms. The zero-order chi connectivity index (χ0) is 17.0. The second kappa shape index (κ2) is 8.92. The van der Waals surface area contributed by atoms with Gasteiger partial charge in [-0.05, 0) is 35.9 Å². The molecule has 1 aliphatic heterocycles. The van der Waals surface area contributed by atoms with Crippen LogP contribution in [-0.2, 0) is 10.0 Å². The maximum Gasteiger partial charge on any atom is 0.252 e. The molecule has 3 N–H and O–H groups in total. The summed E-state index contributed by atoms with van der Waals surface area (Å²) in [5.74, 6) is 1.09. The van der Waals surface area contributed by atoms with Gasteiger partial charge in [-0.2, -0.15) is 4.31 Å². The SMILES string of the molecule is I.NC(=NCC1CCN(S(=O)(=O)c2cccs2)C1)Nc1ccccn1. The zero-order valence-electron chi connectivity index (χ0n) is 13.4. The number of nitrogens with one attached hydrogen (secondary N) is 1. The number of aliphatic imine (C=N–C) groups is 1. The van der Waals surface area contributed by atoms with Crippen LogP contribution in [0.1, 0.15) is 6.42 Å². The van der Waals surface area contributed by atoms with Crippen molar-refractivity contribution in [3.05, 3.63) is 41.9 Å². The van der Waals surface area contributed by atoms with E-state index in [1.807, 2.05) is 12.1 Å². The van der Waals surface area contributed by atoms with E-state index in [4.69, 9.17) is 5.73 Å². The van der Waals surface area contributed by atoms with Gasteiger partial charge in [-0.3, -0.25) is 4.99 Å². The Morgan fingerprint density at radius 2 is 2.24 bits per heavy atom. The Kier molecular flexibility index (Phi) is 7.16. The van der Waals surface area contributed by atoms with Gasteiger partial charge < -0.3 is 11.1 Å². The molecular formula is C15H20IN5O2S2. The molecule has 1 saturated heterocycles. The van der Waals surface area contributed by atoms with Crippen LogP contribution in [0.4, 0.5) is 5.82 Å². The Bertz CT molecular complexity index is 797. The van der Waals surface area contributed by atoms with Crippen molar-refractivity contribution in [3.63, 3.8) is 0 Å². The van der Waals surface area contributed by atoms with Crippen molar-refractivity contribution in [2.75, 3.05) is 25.0 Å².